The van der Waals surface area contributed by atoms with Crippen molar-refractivity contribution in [3.8, 4) is 0 Å². The third-order valence-electron chi connectivity index (χ3n) is 4.54. The van der Waals surface area contributed by atoms with E-state index in [1.54, 1.807) is 37.3 Å². The van der Waals surface area contributed by atoms with Crippen molar-refractivity contribution in [1.82, 2.24) is 15.8 Å². The van der Waals surface area contributed by atoms with Gasteiger partial charge in [0.25, 0.3) is 5.91 Å². The standard InChI is InChI=1S/C19H21N3O6S/c1-12-8-15(14-4-2-3-5-16(14)20-12)19(25)28-10-18(24)22-21-17(23)9-13-6-7-29(26,27)11-13/h2-5,8,13H,6-7,9-11H2,1H3,(H,21,23)(H,22,24)/t13-/m0/s1. The molecule has 2 amide bonds. The Balaban J connectivity index is 1.48. The minimum atomic E-state index is -3.06. The molecule has 0 spiro atoms. The number of nitrogens with one attached hydrogen (secondary N) is 2. The zero-order valence-electron chi connectivity index (χ0n) is 15.8. The number of benzene rings is 1. The van der Waals surface area contributed by atoms with Crippen molar-refractivity contribution >= 4 is 38.5 Å². The monoisotopic (exact) mass is 419 g/mol. The van der Waals surface area contributed by atoms with Gasteiger partial charge in [-0.05, 0) is 31.4 Å². The lowest BCUT2D eigenvalue weighted by Crippen LogP contribution is -2.44. The summed E-state index contributed by atoms with van der Waals surface area (Å²) in [7, 11) is -3.06. The second-order valence-corrected chi connectivity index (χ2v) is 9.20. The number of nitrogens with zero attached hydrogens (tertiary/aromatic N) is 1. The Hall–Kier alpha value is -3.01. The van der Waals surface area contributed by atoms with E-state index < -0.39 is 34.2 Å². The summed E-state index contributed by atoms with van der Waals surface area (Å²) in [5.41, 5.74) is 5.94. The summed E-state index contributed by atoms with van der Waals surface area (Å²) in [4.78, 5) is 40.4. The average molecular weight is 419 g/mol. The van der Waals surface area contributed by atoms with Gasteiger partial charge < -0.3 is 4.74 Å². The molecule has 2 heterocycles. The number of hydrazine groups is 1. The topological polar surface area (TPSA) is 132 Å². The zero-order valence-corrected chi connectivity index (χ0v) is 16.6. The molecule has 1 saturated heterocycles. The van der Waals surface area contributed by atoms with E-state index in [-0.39, 0.29) is 23.8 Å². The third kappa shape index (κ3) is 5.50. The number of carbonyl (C=O) groups excluding carboxylic acids is 3. The van der Waals surface area contributed by atoms with Crippen molar-refractivity contribution in [2.75, 3.05) is 18.1 Å². The zero-order chi connectivity index (χ0) is 21.0. The molecule has 0 saturated carbocycles. The molecule has 29 heavy (non-hydrogen) atoms. The van der Waals surface area contributed by atoms with E-state index in [0.717, 1.165) is 0 Å². The summed E-state index contributed by atoms with van der Waals surface area (Å²) in [6, 6.07) is 8.67. The van der Waals surface area contributed by atoms with Gasteiger partial charge in [0.2, 0.25) is 5.91 Å². The summed E-state index contributed by atoms with van der Waals surface area (Å²) in [5.74, 6) is -2.08. The molecule has 0 bridgehead atoms. The fourth-order valence-corrected chi connectivity index (χ4v) is 5.07. The van der Waals surface area contributed by atoms with Crippen LogP contribution < -0.4 is 10.9 Å². The molecule has 0 aliphatic carbocycles. The van der Waals surface area contributed by atoms with Gasteiger partial charge in [-0.15, -0.1) is 0 Å². The molecule has 0 unspecified atom stereocenters. The van der Waals surface area contributed by atoms with Gasteiger partial charge in [0, 0.05) is 17.5 Å². The van der Waals surface area contributed by atoms with Crippen LogP contribution in [0.15, 0.2) is 30.3 Å². The van der Waals surface area contributed by atoms with E-state index in [4.69, 9.17) is 4.74 Å². The van der Waals surface area contributed by atoms with Gasteiger partial charge in [-0.1, -0.05) is 18.2 Å². The number of hydrogen-bond acceptors (Lipinski definition) is 7. The molecule has 3 rings (SSSR count). The van der Waals surface area contributed by atoms with Crippen molar-refractivity contribution in [3.05, 3.63) is 41.6 Å². The van der Waals surface area contributed by atoms with Crippen LogP contribution in [0.4, 0.5) is 0 Å². The van der Waals surface area contributed by atoms with Crippen molar-refractivity contribution in [3.63, 3.8) is 0 Å². The Labute approximate surface area is 167 Å². The van der Waals surface area contributed by atoms with Gasteiger partial charge >= 0.3 is 5.97 Å². The van der Waals surface area contributed by atoms with Gasteiger partial charge in [0.15, 0.2) is 16.4 Å². The molecule has 1 fully saturated rings. The molecule has 0 radical (unpaired) electrons. The smallest absolute Gasteiger partial charge is 0.339 e. The number of ether oxygens (including phenoxy) is 1. The number of aromatic nitrogens is 1. The van der Waals surface area contributed by atoms with Crippen LogP contribution >= 0.6 is 0 Å². The van der Waals surface area contributed by atoms with E-state index in [9.17, 15) is 22.8 Å². The first-order valence-corrected chi connectivity index (χ1v) is 10.9. The summed E-state index contributed by atoms with van der Waals surface area (Å²) in [5, 5.41) is 0.614. The van der Waals surface area contributed by atoms with Crippen molar-refractivity contribution < 1.29 is 27.5 Å². The largest absolute Gasteiger partial charge is 0.452 e. The van der Waals surface area contributed by atoms with Gasteiger partial charge in [-0.3, -0.25) is 25.4 Å². The SMILES string of the molecule is Cc1cc(C(=O)OCC(=O)NNC(=O)C[C@@H]2CCS(=O)(=O)C2)c2ccccc2n1. The maximum Gasteiger partial charge on any atom is 0.339 e. The minimum absolute atomic E-state index is 0.00157. The summed E-state index contributed by atoms with van der Waals surface area (Å²) >= 11 is 0. The summed E-state index contributed by atoms with van der Waals surface area (Å²) < 4.78 is 27.8. The minimum Gasteiger partial charge on any atom is -0.452 e. The number of para-hydroxylation sites is 1. The molecule has 1 aliphatic heterocycles. The van der Waals surface area contributed by atoms with Crippen LogP contribution in [0.5, 0.6) is 0 Å². The third-order valence-corrected chi connectivity index (χ3v) is 6.38. The molecule has 9 nitrogen and oxygen atoms in total. The lowest BCUT2D eigenvalue weighted by atomic mass is 10.1. The molecule has 2 N–H and O–H groups in total. The first-order valence-electron chi connectivity index (χ1n) is 9.05. The number of rotatable bonds is 5. The van der Waals surface area contributed by atoms with E-state index in [2.05, 4.69) is 15.8 Å². The van der Waals surface area contributed by atoms with E-state index in [0.29, 0.717) is 28.6 Å². The quantitative estimate of drug-likeness (QED) is 0.538. The second-order valence-electron chi connectivity index (χ2n) is 6.97. The van der Waals surface area contributed by atoms with Crippen LogP contribution in [0.2, 0.25) is 0 Å². The Morgan fingerprint density at radius 1 is 1.17 bits per heavy atom. The molecular weight excluding hydrogens is 398 g/mol. The highest BCUT2D eigenvalue weighted by molar-refractivity contribution is 7.91. The van der Waals surface area contributed by atoms with E-state index >= 15 is 0 Å². The maximum absolute atomic E-state index is 12.4. The van der Waals surface area contributed by atoms with Crippen LogP contribution in [-0.2, 0) is 24.2 Å². The van der Waals surface area contributed by atoms with Gasteiger partial charge in [0.1, 0.15) is 0 Å². The number of sulfone groups is 1. The van der Waals surface area contributed by atoms with Crippen LogP contribution in [0.3, 0.4) is 0 Å². The molecule has 1 aromatic heterocycles. The van der Waals surface area contributed by atoms with E-state index in [1.165, 1.54) is 0 Å². The number of esters is 1. The van der Waals surface area contributed by atoms with Crippen LogP contribution in [0.25, 0.3) is 10.9 Å². The highest BCUT2D eigenvalue weighted by Gasteiger charge is 2.29. The van der Waals surface area contributed by atoms with Gasteiger partial charge in [-0.2, -0.15) is 0 Å². The first-order chi connectivity index (χ1) is 13.7. The highest BCUT2D eigenvalue weighted by atomic mass is 32.2. The van der Waals surface area contributed by atoms with Crippen LogP contribution in [0.1, 0.15) is 28.9 Å². The van der Waals surface area contributed by atoms with Gasteiger partial charge in [0.05, 0.1) is 22.6 Å². The normalized spacial score (nSPS) is 17.6. The number of amides is 2. The number of carbonyl (C=O) groups is 3. The van der Waals surface area contributed by atoms with Crippen molar-refractivity contribution in [2.45, 2.75) is 19.8 Å². The molecular formula is C19H21N3O6S. The Kier molecular flexibility index (Phi) is 6.12. The second kappa shape index (κ2) is 8.56. The fraction of sp³-hybridized carbons (Fsp3) is 0.368. The number of pyridine rings is 1. The predicted molar refractivity (Wildman–Crippen MR) is 104 cm³/mol. The van der Waals surface area contributed by atoms with Crippen LogP contribution in [-0.4, -0.2) is 49.3 Å². The molecule has 1 aliphatic rings. The highest BCUT2D eigenvalue weighted by Crippen LogP contribution is 2.21. The van der Waals surface area contributed by atoms with Gasteiger partial charge in [-0.25, -0.2) is 13.2 Å². The van der Waals surface area contributed by atoms with E-state index in [1.807, 2.05) is 0 Å². The van der Waals surface area contributed by atoms with Crippen LogP contribution in [0, 0.1) is 12.8 Å². The Morgan fingerprint density at radius 3 is 2.62 bits per heavy atom. The Bertz CT molecular complexity index is 1070. The maximum atomic E-state index is 12.4. The molecule has 1 atom stereocenters. The fourth-order valence-electron chi connectivity index (χ4n) is 3.21. The summed E-state index contributed by atoms with van der Waals surface area (Å²) in [6.07, 6.45) is 0.433. The lowest BCUT2D eigenvalue weighted by Gasteiger charge is -2.11. The molecule has 2 aromatic rings. The molecule has 154 valence electrons. The van der Waals surface area contributed by atoms with Crippen molar-refractivity contribution in [1.29, 1.82) is 0 Å². The summed E-state index contributed by atoms with van der Waals surface area (Å²) in [6.45, 7) is 1.17. The lowest BCUT2D eigenvalue weighted by molar-refractivity contribution is -0.131. The number of aryl methyl sites for hydroxylation is 1. The van der Waals surface area contributed by atoms with Crippen molar-refractivity contribution in [2.24, 2.45) is 5.92 Å². The first kappa shape index (κ1) is 20.7. The Morgan fingerprint density at radius 2 is 1.90 bits per heavy atom. The molecule has 10 heteroatoms. The molecule has 1 aromatic carbocycles. The number of fused-ring (bicyclic) bond motifs is 1. The average Bonchev–Trinajstić information content (AvgIpc) is 3.01. The number of hydrogen-bond donors (Lipinski definition) is 2. The predicted octanol–water partition coefficient (Wildman–Crippen LogP) is 0.672.